The van der Waals surface area contributed by atoms with Crippen LogP contribution in [0.25, 0.3) is 0 Å². The van der Waals surface area contributed by atoms with Gasteiger partial charge in [0.15, 0.2) is 6.61 Å². The summed E-state index contributed by atoms with van der Waals surface area (Å²) in [6.07, 6.45) is -5.84. The molecule has 1 aliphatic heterocycles. The van der Waals surface area contributed by atoms with Crippen LogP contribution < -0.4 is 10.1 Å². The van der Waals surface area contributed by atoms with Crippen LogP contribution in [-0.2, 0) is 19.0 Å². The summed E-state index contributed by atoms with van der Waals surface area (Å²) in [5.74, 6) is 0.247. The van der Waals surface area contributed by atoms with Gasteiger partial charge in [0.25, 0.3) is 5.91 Å². The molecule has 1 saturated carbocycles. The molecule has 0 spiro atoms. The molecule has 1 heterocycles. The number of amides is 1. The molecule has 1 aromatic rings. The van der Waals surface area contributed by atoms with Crippen molar-refractivity contribution in [1.82, 2.24) is 5.32 Å². The molecule has 0 bridgehead atoms. The van der Waals surface area contributed by atoms with Gasteiger partial charge >= 0.3 is 6.36 Å². The lowest BCUT2D eigenvalue weighted by molar-refractivity contribution is -0.357. The van der Waals surface area contributed by atoms with E-state index in [0.717, 1.165) is 0 Å². The molecule has 31 heavy (non-hydrogen) atoms. The summed E-state index contributed by atoms with van der Waals surface area (Å²) in [7, 11) is 0. The summed E-state index contributed by atoms with van der Waals surface area (Å²) in [6.45, 7) is 0.0673. The number of rotatable bonds is 9. The molecule has 0 radical (unpaired) electrons. The van der Waals surface area contributed by atoms with E-state index in [9.17, 15) is 23.1 Å². The summed E-state index contributed by atoms with van der Waals surface area (Å²) in [6, 6.07) is 6.47. The number of halogens is 4. The Hall–Kier alpha value is -1.59. The molecule has 1 aliphatic carbocycles. The zero-order valence-corrected chi connectivity index (χ0v) is 17.4. The predicted octanol–water partition coefficient (Wildman–Crippen LogP) is 2.83. The Morgan fingerprint density at radius 1 is 1.23 bits per heavy atom. The number of aliphatic hydroxyl groups is 1. The molecule has 1 aromatic carbocycles. The maximum atomic E-state index is 12.1. The van der Waals surface area contributed by atoms with E-state index in [-0.39, 0.29) is 50.7 Å². The summed E-state index contributed by atoms with van der Waals surface area (Å²) in [4.78, 5) is 12.0. The van der Waals surface area contributed by atoms with Crippen LogP contribution in [0.1, 0.15) is 25.7 Å². The van der Waals surface area contributed by atoms with Crippen LogP contribution in [0, 0.1) is 0 Å². The minimum absolute atomic E-state index is 0.0277. The first-order chi connectivity index (χ1) is 14.7. The average molecular weight is 468 g/mol. The first-order valence-corrected chi connectivity index (χ1v) is 10.4. The molecule has 3 rings (SSSR count). The van der Waals surface area contributed by atoms with Gasteiger partial charge < -0.3 is 24.6 Å². The number of alkyl halides is 3. The van der Waals surface area contributed by atoms with E-state index < -0.39 is 24.7 Å². The number of ether oxygens (including phenoxy) is 4. The number of nitrogens with one attached hydrogen (secondary N) is 1. The van der Waals surface area contributed by atoms with Gasteiger partial charge in [-0.05, 0) is 37.1 Å². The zero-order valence-electron chi connectivity index (χ0n) is 16.6. The molecule has 2 N–H and O–H groups in total. The first-order valence-electron chi connectivity index (χ1n) is 10.0. The topological polar surface area (TPSA) is 86.3 Å². The van der Waals surface area contributed by atoms with E-state index in [1.165, 1.54) is 0 Å². The minimum atomic E-state index is -4.64. The molecule has 0 unspecified atom stereocenters. The fraction of sp³-hybridized carbons (Fsp3) is 0.650. The lowest BCUT2D eigenvalue weighted by atomic mass is 9.92. The Balaban J connectivity index is 1.27. The highest BCUT2D eigenvalue weighted by Gasteiger charge is 2.41. The van der Waals surface area contributed by atoms with Gasteiger partial charge in [-0.25, -0.2) is 0 Å². The van der Waals surface area contributed by atoms with E-state index in [1.807, 2.05) is 0 Å². The summed E-state index contributed by atoms with van der Waals surface area (Å²) >= 11 is 5.79. The smallest absolute Gasteiger partial charge is 0.484 e. The molecule has 2 fully saturated rings. The SMILES string of the molecule is O=C(COc1ccc(Cl)cc1)N[C@H]1CC[C@H]([C@@H](O)CO[C@H]2C[C@@H](OC(F)(F)F)C2)OC1. The zero-order chi connectivity index (χ0) is 22.4. The normalized spacial score (nSPS) is 27.3. The van der Waals surface area contributed by atoms with Gasteiger partial charge in [-0.3, -0.25) is 9.53 Å². The number of benzene rings is 1. The Morgan fingerprint density at radius 3 is 2.55 bits per heavy atom. The fourth-order valence-corrected chi connectivity index (χ4v) is 3.54. The van der Waals surface area contributed by atoms with Gasteiger partial charge in [-0.1, -0.05) is 11.6 Å². The third kappa shape index (κ3) is 8.12. The monoisotopic (exact) mass is 467 g/mol. The molecule has 1 amide bonds. The number of hydrogen-bond acceptors (Lipinski definition) is 6. The number of carbonyl (C=O) groups is 1. The van der Waals surface area contributed by atoms with Gasteiger partial charge in [-0.2, -0.15) is 0 Å². The molecule has 3 atom stereocenters. The number of carbonyl (C=O) groups excluding carboxylic acids is 1. The Bertz CT molecular complexity index is 706. The molecular weight excluding hydrogens is 443 g/mol. The highest BCUT2D eigenvalue weighted by molar-refractivity contribution is 6.30. The van der Waals surface area contributed by atoms with Crippen LogP contribution in [0.2, 0.25) is 5.02 Å². The second-order valence-corrected chi connectivity index (χ2v) is 8.07. The van der Waals surface area contributed by atoms with Crippen molar-refractivity contribution in [2.24, 2.45) is 0 Å². The number of hydrogen-bond donors (Lipinski definition) is 2. The Kier molecular flexibility index (Phi) is 8.40. The van der Waals surface area contributed by atoms with Crippen LogP contribution in [0.3, 0.4) is 0 Å². The van der Waals surface area contributed by atoms with Crippen LogP contribution in [0.5, 0.6) is 5.75 Å². The van der Waals surface area contributed by atoms with E-state index >= 15 is 0 Å². The highest BCUT2D eigenvalue weighted by atomic mass is 35.5. The third-order valence-electron chi connectivity index (χ3n) is 5.14. The number of aliphatic hydroxyl groups excluding tert-OH is 1. The summed E-state index contributed by atoms with van der Waals surface area (Å²) in [5.41, 5.74) is 0. The van der Waals surface area contributed by atoms with Crippen molar-refractivity contribution < 1.29 is 42.0 Å². The standard InChI is InChI=1S/C20H25ClF3NO6/c21-12-1-4-14(5-2-12)29-11-19(27)25-13-3-6-18(30-9-13)17(26)10-28-15-7-16(8-15)31-20(22,23)24/h1-2,4-5,13,15-18,26H,3,6-11H2,(H,25,27)/t13-,15-,16+,17-,18+/m0/s1. The van der Waals surface area contributed by atoms with Crippen molar-refractivity contribution in [3.8, 4) is 5.75 Å². The second kappa shape index (κ2) is 10.8. The average Bonchev–Trinajstić information content (AvgIpc) is 2.68. The lowest BCUT2D eigenvalue weighted by Crippen LogP contribution is -2.48. The molecular formula is C20H25ClF3NO6. The van der Waals surface area contributed by atoms with Crippen molar-refractivity contribution in [3.63, 3.8) is 0 Å². The van der Waals surface area contributed by atoms with Gasteiger partial charge in [0, 0.05) is 17.9 Å². The molecule has 1 saturated heterocycles. The van der Waals surface area contributed by atoms with Crippen molar-refractivity contribution in [2.75, 3.05) is 19.8 Å². The van der Waals surface area contributed by atoms with E-state index in [4.69, 9.17) is 25.8 Å². The highest BCUT2D eigenvalue weighted by Crippen LogP contribution is 2.32. The van der Waals surface area contributed by atoms with E-state index in [1.54, 1.807) is 24.3 Å². The molecule has 11 heteroatoms. The van der Waals surface area contributed by atoms with Gasteiger partial charge in [0.05, 0.1) is 37.6 Å². The van der Waals surface area contributed by atoms with E-state index in [2.05, 4.69) is 10.1 Å². The minimum Gasteiger partial charge on any atom is -0.484 e. The molecule has 2 aliphatic rings. The van der Waals surface area contributed by atoms with Crippen LogP contribution in [0.4, 0.5) is 13.2 Å². The second-order valence-electron chi connectivity index (χ2n) is 7.64. The largest absolute Gasteiger partial charge is 0.522 e. The van der Waals surface area contributed by atoms with Crippen LogP contribution >= 0.6 is 11.6 Å². The van der Waals surface area contributed by atoms with Gasteiger partial charge in [0.1, 0.15) is 11.9 Å². The van der Waals surface area contributed by atoms with E-state index in [0.29, 0.717) is 23.6 Å². The summed E-state index contributed by atoms with van der Waals surface area (Å²) in [5, 5.41) is 13.6. The maximum Gasteiger partial charge on any atom is 0.522 e. The van der Waals surface area contributed by atoms with Crippen molar-refractivity contribution in [3.05, 3.63) is 29.3 Å². The van der Waals surface area contributed by atoms with Gasteiger partial charge in [0.2, 0.25) is 0 Å². The molecule has 174 valence electrons. The van der Waals surface area contributed by atoms with Crippen LogP contribution in [-0.4, -0.2) is 67.7 Å². The third-order valence-corrected chi connectivity index (χ3v) is 5.40. The quantitative estimate of drug-likeness (QED) is 0.581. The fourth-order valence-electron chi connectivity index (χ4n) is 3.42. The maximum absolute atomic E-state index is 12.1. The Morgan fingerprint density at radius 2 is 1.94 bits per heavy atom. The van der Waals surface area contributed by atoms with Crippen molar-refractivity contribution in [1.29, 1.82) is 0 Å². The van der Waals surface area contributed by atoms with Crippen molar-refractivity contribution >= 4 is 17.5 Å². The molecule has 7 nitrogen and oxygen atoms in total. The Labute approximate surface area is 182 Å². The van der Waals surface area contributed by atoms with Gasteiger partial charge in [-0.15, -0.1) is 13.2 Å². The predicted molar refractivity (Wildman–Crippen MR) is 104 cm³/mol. The first kappa shape index (κ1) is 24.1. The summed E-state index contributed by atoms with van der Waals surface area (Å²) < 4.78 is 56.7. The van der Waals surface area contributed by atoms with Crippen molar-refractivity contribution in [2.45, 2.75) is 62.5 Å². The lowest BCUT2D eigenvalue weighted by Gasteiger charge is -2.37. The van der Waals surface area contributed by atoms with Crippen LogP contribution in [0.15, 0.2) is 24.3 Å². The molecule has 0 aromatic heterocycles.